The minimum atomic E-state index is -4.37. The van der Waals surface area contributed by atoms with Crippen LogP contribution < -0.4 is 4.74 Å². The van der Waals surface area contributed by atoms with Crippen molar-refractivity contribution < 1.29 is 27.8 Å². The van der Waals surface area contributed by atoms with Crippen molar-refractivity contribution in [3.05, 3.63) is 24.3 Å². The molecule has 0 unspecified atom stereocenters. The lowest BCUT2D eigenvalue weighted by atomic mass is 10.3. The molecule has 0 aliphatic rings. The van der Waals surface area contributed by atoms with Gasteiger partial charge in [-0.25, -0.2) is 4.79 Å². The highest BCUT2D eigenvalue weighted by molar-refractivity contribution is 8.00. The summed E-state index contributed by atoms with van der Waals surface area (Å²) in [5.41, 5.74) is -4.37. The second-order valence-electron chi connectivity index (χ2n) is 2.71. The lowest BCUT2D eigenvalue weighted by Crippen LogP contribution is -2.09. The van der Waals surface area contributed by atoms with Gasteiger partial charge in [0, 0.05) is 4.90 Å². The van der Waals surface area contributed by atoms with Gasteiger partial charge in [0.05, 0.1) is 0 Å². The maximum absolute atomic E-state index is 12.0. The molecule has 0 amide bonds. The number of carboxylic acids is 1. The van der Waals surface area contributed by atoms with Crippen LogP contribution in [-0.2, 0) is 4.79 Å². The summed E-state index contributed by atoms with van der Waals surface area (Å²) >= 11 is -0.278. The molecule has 0 saturated carbocycles. The van der Waals surface area contributed by atoms with Gasteiger partial charge in [-0.05, 0) is 30.0 Å². The summed E-state index contributed by atoms with van der Waals surface area (Å²) in [6.07, 6.45) is 0. The van der Waals surface area contributed by atoms with E-state index in [-0.39, 0.29) is 22.4 Å². The van der Waals surface area contributed by atoms with Crippen LogP contribution in [0.5, 0.6) is 5.75 Å². The highest BCUT2D eigenvalue weighted by Gasteiger charge is 2.29. The lowest BCUT2D eigenvalue weighted by Gasteiger charge is -2.07. The average molecular weight is 252 g/mol. The van der Waals surface area contributed by atoms with Gasteiger partial charge in [0.25, 0.3) is 0 Å². The minimum absolute atomic E-state index is 0.0459. The Hall–Kier alpha value is -1.37. The van der Waals surface area contributed by atoms with Crippen molar-refractivity contribution >= 4 is 17.7 Å². The van der Waals surface area contributed by atoms with E-state index in [0.717, 1.165) is 6.07 Å². The Bertz CT molecular complexity index is 379. The Labute approximate surface area is 93.2 Å². The Morgan fingerprint density at radius 1 is 1.44 bits per heavy atom. The number of alkyl halides is 3. The maximum atomic E-state index is 12.0. The number of ether oxygens (including phenoxy) is 1. The van der Waals surface area contributed by atoms with E-state index in [0.29, 0.717) is 0 Å². The summed E-state index contributed by atoms with van der Waals surface area (Å²) in [6, 6.07) is 5.17. The predicted molar refractivity (Wildman–Crippen MR) is 51.5 cm³/mol. The van der Waals surface area contributed by atoms with Crippen molar-refractivity contribution in [2.45, 2.75) is 10.4 Å². The molecule has 1 aromatic rings. The third-order valence-electron chi connectivity index (χ3n) is 1.40. The molecule has 16 heavy (non-hydrogen) atoms. The number of aliphatic carboxylic acids is 1. The standard InChI is InChI=1S/C9H7F3O3S/c10-9(11,12)16-7-3-1-2-6(4-7)15-5-8(13)14/h1-4H,5H2,(H,13,14). The van der Waals surface area contributed by atoms with Crippen LogP contribution in [0.4, 0.5) is 13.2 Å². The number of rotatable bonds is 4. The summed E-state index contributed by atoms with van der Waals surface area (Å²) in [4.78, 5) is 10.1. The fourth-order valence-electron chi connectivity index (χ4n) is 0.906. The minimum Gasteiger partial charge on any atom is -0.482 e. The first-order valence-electron chi connectivity index (χ1n) is 4.07. The molecule has 0 atom stereocenters. The number of hydrogen-bond acceptors (Lipinski definition) is 3. The van der Waals surface area contributed by atoms with Crippen molar-refractivity contribution in [3.8, 4) is 5.75 Å². The van der Waals surface area contributed by atoms with Crippen LogP contribution in [0.15, 0.2) is 29.2 Å². The smallest absolute Gasteiger partial charge is 0.446 e. The summed E-state index contributed by atoms with van der Waals surface area (Å²) in [5, 5.41) is 8.32. The number of carbonyl (C=O) groups is 1. The Kier molecular flexibility index (Phi) is 4.05. The van der Waals surface area contributed by atoms with E-state index < -0.39 is 18.1 Å². The molecular formula is C9H7F3O3S. The second kappa shape index (κ2) is 5.11. The van der Waals surface area contributed by atoms with Crippen LogP contribution in [0.1, 0.15) is 0 Å². The Morgan fingerprint density at radius 2 is 2.12 bits per heavy atom. The summed E-state index contributed by atoms with van der Waals surface area (Å²) in [5.74, 6) is -1.09. The highest BCUT2D eigenvalue weighted by Crippen LogP contribution is 2.37. The van der Waals surface area contributed by atoms with Crippen LogP contribution in [0.3, 0.4) is 0 Å². The van der Waals surface area contributed by atoms with E-state index >= 15 is 0 Å². The van der Waals surface area contributed by atoms with Gasteiger partial charge in [-0.1, -0.05) is 6.07 Å². The van der Waals surface area contributed by atoms with Gasteiger partial charge in [0.1, 0.15) is 5.75 Å². The predicted octanol–water partition coefficient (Wildman–Crippen LogP) is 2.76. The second-order valence-corrected chi connectivity index (χ2v) is 3.84. The first-order valence-corrected chi connectivity index (χ1v) is 4.89. The van der Waals surface area contributed by atoms with E-state index in [1.54, 1.807) is 0 Å². The topological polar surface area (TPSA) is 46.5 Å². The number of carboxylic acid groups (broad SMARTS) is 1. The van der Waals surface area contributed by atoms with Gasteiger partial charge in [-0.2, -0.15) is 13.2 Å². The number of benzene rings is 1. The third kappa shape index (κ3) is 4.92. The van der Waals surface area contributed by atoms with E-state index in [4.69, 9.17) is 9.84 Å². The van der Waals surface area contributed by atoms with Crippen molar-refractivity contribution in [1.82, 2.24) is 0 Å². The zero-order valence-electron chi connectivity index (χ0n) is 7.82. The van der Waals surface area contributed by atoms with Gasteiger partial charge >= 0.3 is 11.5 Å². The molecule has 0 radical (unpaired) electrons. The fourth-order valence-corrected chi connectivity index (χ4v) is 1.50. The third-order valence-corrected chi connectivity index (χ3v) is 2.12. The normalized spacial score (nSPS) is 11.2. The molecule has 0 heterocycles. The van der Waals surface area contributed by atoms with Crippen molar-refractivity contribution in [2.75, 3.05) is 6.61 Å². The van der Waals surface area contributed by atoms with Crippen LogP contribution in [0, 0.1) is 0 Å². The van der Waals surface area contributed by atoms with E-state index in [1.165, 1.54) is 18.2 Å². The molecular weight excluding hydrogens is 245 g/mol. The molecule has 1 N–H and O–H groups in total. The van der Waals surface area contributed by atoms with Crippen LogP contribution in [0.2, 0.25) is 0 Å². The van der Waals surface area contributed by atoms with E-state index in [9.17, 15) is 18.0 Å². The number of hydrogen-bond donors (Lipinski definition) is 1. The SMILES string of the molecule is O=C(O)COc1cccc(SC(F)(F)F)c1. The molecule has 7 heteroatoms. The molecule has 0 aliphatic heterocycles. The summed E-state index contributed by atoms with van der Waals surface area (Å²) in [7, 11) is 0. The molecule has 0 spiro atoms. The monoisotopic (exact) mass is 252 g/mol. The molecule has 3 nitrogen and oxygen atoms in total. The van der Waals surface area contributed by atoms with Crippen LogP contribution in [-0.4, -0.2) is 23.2 Å². The first kappa shape index (κ1) is 12.7. The summed E-state index contributed by atoms with van der Waals surface area (Å²) in [6.45, 7) is -0.583. The van der Waals surface area contributed by atoms with Crippen molar-refractivity contribution in [2.24, 2.45) is 0 Å². The van der Waals surface area contributed by atoms with Gasteiger partial charge in [-0.15, -0.1) is 0 Å². The Morgan fingerprint density at radius 3 is 2.69 bits per heavy atom. The molecule has 0 bridgehead atoms. The quantitative estimate of drug-likeness (QED) is 0.837. The molecule has 0 saturated heterocycles. The van der Waals surface area contributed by atoms with Crippen molar-refractivity contribution in [1.29, 1.82) is 0 Å². The molecule has 1 rings (SSSR count). The summed E-state index contributed by atoms with van der Waals surface area (Å²) < 4.78 is 40.8. The van der Waals surface area contributed by atoms with Crippen molar-refractivity contribution in [3.63, 3.8) is 0 Å². The molecule has 0 fully saturated rings. The number of thioether (sulfide) groups is 1. The average Bonchev–Trinajstić information content (AvgIpc) is 2.12. The zero-order chi connectivity index (χ0) is 12.2. The lowest BCUT2D eigenvalue weighted by molar-refractivity contribution is -0.139. The van der Waals surface area contributed by atoms with Crippen LogP contribution in [0.25, 0.3) is 0 Å². The molecule has 0 aromatic heterocycles. The van der Waals surface area contributed by atoms with Crippen LogP contribution >= 0.6 is 11.8 Å². The number of halogens is 3. The maximum Gasteiger partial charge on any atom is 0.446 e. The Balaban J connectivity index is 2.67. The van der Waals surface area contributed by atoms with Gasteiger partial charge < -0.3 is 9.84 Å². The highest BCUT2D eigenvalue weighted by atomic mass is 32.2. The largest absolute Gasteiger partial charge is 0.482 e. The molecule has 1 aromatic carbocycles. The zero-order valence-corrected chi connectivity index (χ0v) is 8.64. The van der Waals surface area contributed by atoms with E-state index in [1.807, 2.05) is 0 Å². The fraction of sp³-hybridized carbons (Fsp3) is 0.222. The molecule has 88 valence electrons. The van der Waals surface area contributed by atoms with Gasteiger partial charge in [-0.3, -0.25) is 0 Å². The van der Waals surface area contributed by atoms with E-state index in [2.05, 4.69) is 0 Å². The molecule has 0 aliphatic carbocycles. The first-order chi connectivity index (χ1) is 7.37. The van der Waals surface area contributed by atoms with Gasteiger partial charge in [0.15, 0.2) is 6.61 Å². The van der Waals surface area contributed by atoms with Gasteiger partial charge in [0.2, 0.25) is 0 Å².